The van der Waals surface area contributed by atoms with Crippen LogP contribution in [0.5, 0.6) is 0 Å². The summed E-state index contributed by atoms with van der Waals surface area (Å²) in [6.07, 6.45) is 5.60. The molecule has 120 valence electrons. The van der Waals surface area contributed by atoms with Crippen LogP contribution < -0.4 is 0 Å². The molecule has 1 aliphatic carbocycles. The Hall–Kier alpha value is -1.43. The van der Waals surface area contributed by atoms with Crippen molar-refractivity contribution in [1.29, 1.82) is 0 Å². The van der Waals surface area contributed by atoms with Crippen LogP contribution in [-0.2, 0) is 11.2 Å². The van der Waals surface area contributed by atoms with Gasteiger partial charge in [-0.15, -0.1) is 11.3 Å². The van der Waals surface area contributed by atoms with Crippen LogP contribution in [0.4, 0.5) is 0 Å². The largest absolute Gasteiger partial charge is 0.480 e. The molecule has 1 saturated heterocycles. The molecule has 2 heterocycles. The average Bonchev–Trinajstić information content (AvgIpc) is 3.07. The Kier molecular flexibility index (Phi) is 4.21. The van der Waals surface area contributed by atoms with Gasteiger partial charge >= 0.3 is 5.97 Å². The Balaban J connectivity index is 1.93. The van der Waals surface area contributed by atoms with Crippen LogP contribution in [0, 0.1) is 12.8 Å². The van der Waals surface area contributed by atoms with Crippen molar-refractivity contribution in [3.8, 4) is 0 Å². The molecule has 1 saturated carbocycles. The molecule has 0 radical (unpaired) electrons. The van der Waals surface area contributed by atoms with Crippen molar-refractivity contribution in [2.24, 2.45) is 5.92 Å². The molecule has 0 bridgehead atoms. The number of hydrogen-bond acceptors (Lipinski definition) is 4. The van der Waals surface area contributed by atoms with Gasteiger partial charge in [-0.05, 0) is 38.5 Å². The molecule has 6 heteroatoms. The Bertz CT molecular complexity index is 598. The molecule has 1 aliphatic heterocycles. The number of carboxylic acid groups (broad SMARTS) is 1. The Labute approximate surface area is 134 Å². The molecule has 1 aromatic rings. The highest BCUT2D eigenvalue weighted by Crippen LogP contribution is 2.41. The molecule has 2 fully saturated rings. The van der Waals surface area contributed by atoms with Gasteiger partial charge in [-0.1, -0.05) is 19.8 Å². The van der Waals surface area contributed by atoms with Crippen LogP contribution in [0.15, 0.2) is 0 Å². The highest BCUT2D eigenvalue weighted by atomic mass is 32.1. The SMILES string of the molecule is CCc1nc(C)c(C(=O)N2C(C(=O)O)CC3CCCCC32)s1. The van der Waals surface area contributed by atoms with E-state index in [1.165, 1.54) is 11.3 Å². The van der Waals surface area contributed by atoms with E-state index in [0.717, 1.165) is 42.8 Å². The van der Waals surface area contributed by atoms with Gasteiger partial charge in [-0.3, -0.25) is 4.79 Å². The van der Waals surface area contributed by atoms with Gasteiger partial charge in [-0.2, -0.15) is 0 Å². The number of amides is 1. The van der Waals surface area contributed by atoms with E-state index < -0.39 is 12.0 Å². The summed E-state index contributed by atoms with van der Waals surface area (Å²) in [6.45, 7) is 3.85. The quantitative estimate of drug-likeness (QED) is 0.929. The normalized spacial score (nSPS) is 27.7. The Morgan fingerprint density at radius 1 is 1.36 bits per heavy atom. The predicted octanol–water partition coefficient (Wildman–Crippen LogP) is 2.87. The van der Waals surface area contributed by atoms with Gasteiger partial charge in [0.15, 0.2) is 0 Å². The van der Waals surface area contributed by atoms with Gasteiger partial charge in [0.25, 0.3) is 5.91 Å². The molecular weight excluding hydrogens is 300 g/mol. The monoisotopic (exact) mass is 322 g/mol. The van der Waals surface area contributed by atoms with Crippen LogP contribution >= 0.6 is 11.3 Å². The van der Waals surface area contributed by atoms with Gasteiger partial charge in [0.05, 0.1) is 10.7 Å². The van der Waals surface area contributed by atoms with Crippen LogP contribution in [0.25, 0.3) is 0 Å². The van der Waals surface area contributed by atoms with E-state index in [1.807, 2.05) is 13.8 Å². The number of likely N-dealkylation sites (tertiary alicyclic amines) is 1. The standard InChI is InChI=1S/C16H22N2O3S/c1-3-13-17-9(2)14(22-13)15(19)18-11-7-5-4-6-10(11)8-12(18)16(20)21/h10-12H,3-8H2,1-2H3,(H,20,21). The zero-order valence-electron chi connectivity index (χ0n) is 13.0. The van der Waals surface area contributed by atoms with E-state index in [4.69, 9.17) is 0 Å². The summed E-state index contributed by atoms with van der Waals surface area (Å²) in [6, 6.07) is -0.582. The third kappa shape index (κ3) is 2.53. The second kappa shape index (κ2) is 5.99. The van der Waals surface area contributed by atoms with Gasteiger partial charge in [0.2, 0.25) is 0 Å². The molecule has 22 heavy (non-hydrogen) atoms. The minimum Gasteiger partial charge on any atom is -0.480 e. The number of nitrogens with zero attached hydrogens (tertiary/aromatic N) is 2. The number of hydrogen-bond donors (Lipinski definition) is 1. The van der Waals surface area contributed by atoms with Crippen molar-refractivity contribution >= 4 is 23.2 Å². The van der Waals surface area contributed by atoms with Crippen molar-refractivity contribution in [2.45, 2.75) is 64.5 Å². The molecule has 2 aliphatic rings. The highest BCUT2D eigenvalue weighted by molar-refractivity contribution is 7.13. The zero-order valence-corrected chi connectivity index (χ0v) is 13.9. The molecule has 3 unspecified atom stereocenters. The lowest BCUT2D eigenvalue weighted by Crippen LogP contribution is -2.46. The molecule has 1 N–H and O–H groups in total. The minimum atomic E-state index is -0.874. The maximum absolute atomic E-state index is 13.0. The van der Waals surface area contributed by atoms with Gasteiger partial charge < -0.3 is 10.0 Å². The summed E-state index contributed by atoms with van der Waals surface area (Å²) in [5.41, 5.74) is 0.732. The second-order valence-corrected chi connectivity index (χ2v) is 7.37. The minimum absolute atomic E-state index is 0.0916. The molecule has 0 spiro atoms. The fraction of sp³-hybridized carbons (Fsp3) is 0.688. The van der Waals surface area contributed by atoms with Crippen molar-refractivity contribution in [3.63, 3.8) is 0 Å². The maximum Gasteiger partial charge on any atom is 0.326 e. The number of aryl methyl sites for hydroxylation is 2. The number of aliphatic carboxylic acids is 1. The molecule has 3 atom stereocenters. The number of carbonyl (C=O) groups is 2. The third-order valence-corrected chi connectivity index (χ3v) is 6.23. The fourth-order valence-corrected chi connectivity index (χ4v) is 4.84. The molecule has 5 nitrogen and oxygen atoms in total. The first-order valence-corrected chi connectivity index (χ1v) is 8.86. The first kappa shape index (κ1) is 15.5. The van der Waals surface area contributed by atoms with Crippen LogP contribution in [-0.4, -0.2) is 39.0 Å². The van der Waals surface area contributed by atoms with Gasteiger partial charge in [-0.25, -0.2) is 9.78 Å². The number of carboxylic acids is 1. The fourth-order valence-electron chi connectivity index (χ4n) is 3.89. The van der Waals surface area contributed by atoms with Crippen molar-refractivity contribution < 1.29 is 14.7 Å². The summed E-state index contributed by atoms with van der Waals surface area (Å²) in [5, 5.41) is 10.5. The second-order valence-electron chi connectivity index (χ2n) is 6.29. The lowest BCUT2D eigenvalue weighted by Gasteiger charge is -2.32. The number of fused-ring (bicyclic) bond motifs is 1. The number of aromatic nitrogens is 1. The van der Waals surface area contributed by atoms with E-state index >= 15 is 0 Å². The molecule has 1 amide bonds. The number of thiazole rings is 1. The lowest BCUT2D eigenvalue weighted by atomic mass is 9.85. The molecular formula is C16H22N2O3S. The molecule has 3 rings (SSSR count). The van der Waals surface area contributed by atoms with Crippen LogP contribution in [0.2, 0.25) is 0 Å². The topological polar surface area (TPSA) is 70.5 Å². The van der Waals surface area contributed by atoms with Crippen molar-refractivity contribution in [1.82, 2.24) is 9.88 Å². The lowest BCUT2D eigenvalue weighted by molar-refractivity contribution is -0.141. The Morgan fingerprint density at radius 2 is 2.09 bits per heavy atom. The van der Waals surface area contributed by atoms with E-state index in [1.54, 1.807) is 4.90 Å². The van der Waals surface area contributed by atoms with E-state index in [-0.39, 0.29) is 11.9 Å². The van der Waals surface area contributed by atoms with Crippen LogP contribution in [0.3, 0.4) is 0 Å². The average molecular weight is 322 g/mol. The highest BCUT2D eigenvalue weighted by Gasteiger charge is 2.48. The predicted molar refractivity (Wildman–Crippen MR) is 84.2 cm³/mol. The maximum atomic E-state index is 13.0. The number of carbonyl (C=O) groups excluding carboxylic acids is 1. The third-order valence-electron chi connectivity index (χ3n) is 4.95. The first-order valence-electron chi connectivity index (χ1n) is 8.04. The van der Waals surface area contributed by atoms with E-state index in [9.17, 15) is 14.7 Å². The van der Waals surface area contributed by atoms with Crippen molar-refractivity contribution in [2.75, 3.05) is 0 Å². The molecule has 0 aromatic carbocycles. The van der Waals surface area contributed by atoms with Crippen LogP contribution in [0.1, 0.15) is 59.4 Å². The summed E-state index contributed by atoms with van der Waals surface area (Å²) in [5.74, 6) is -0.658. The van der Waals surface area contributed by atoms with E-state index in [2.05, 4.69) is 4.98 Å². The zero-order chi connectivity index (χ0) is 15.9. The summed E-state index contributed by atoms with van der Waals surface area (Å²) in [7, 11) is 0. The Morgan fingerprint density at radius 3 is 2.73 bits per heavy atom. The number of rotatable bonds is 3. The molecule has 1 aromatic heterocycles. The first-order chi connectivity index (χ1) is 10.5. The van der Waals surface area contributed by atoms with Crippen molar-refractivity contribution in [3.05, 3.63) is 15.6 Å². The van der Waals surface area contributed by atoms with E-state index in [0.29, 0.717) is 17.2 Å². The summed E-state index contributed by atoms with van der Waals surface area (Å²) >= 11 is 1.41. The summed E-state index contributed by atoms with van der Waals surface area (Å²) in [4.78, 5) is 31.3. The smallest absolute Gasteiger partial charge is 0.326 e. The summed E-state index contributed by atoms with van der Waals surface area (Å²) < 4.78 is 0. The van der Waals surface area contributed by atoms with Gasteiger partial charge in [0, 0.05) is 6.04 Å². The van der Waals surface area contributed by atoms with Gasteiger partial charge in [0.1, 0.15) is 10.9 Å².